The van der Waals surface area contributed by atoms with Gasteiger partial charge in [0.05, 0.1) is 18.5 Å². The zero-order valence-corrected chi connectivity index (χ0v) is 25.1. The second kappa shape index (κ2) is 14.2. The smallest absolute Gasteiger partial charge is 0.273 e. The van der Waals surface area contributed by atoms with Gasteiger partial charge in [0.15, 0.2) is 11.5 Å². The highest BCUT2D eigenvalue weighted by Crippen LogP contribution is 2.37. The minimum atomic E-state index is -0.462. The van der Waals surface area contributed by atoms with Crippen molar-refractivity contribution in [2.24, 2.45) is 5.92 Å². The van der Waals surface area contributed by atoms with Crippen molar-refractivity contribution in [3.05, 3.63) is 102 Å². The van der Waals surface area contributed by atoms with Gasteiger partial charge in [-0.2, -0.15) is 0 Å². The molecule has 3 amide bonds. The number of para-hydroxylation sites is 1. The lowest BCUT2D eigenvalue weighted by molar-refractivity contribution is -0.126. The van der Waals surface area contributed by atoms with Gasteiger partial charge < -0.3 is 25.6 Å². The molecule has 1 aliphatic carbocycles. The third kappa shape index (κ3) is 7.74. The standard InChI is InChI=1S/C33H35FN6O4/c1-6-22(13-10-20(2)33(43)40(4)19-21-11-16-24(34)17-12-21)25-8-7-9-26(30(25)44-5)36-27-18-28(37-31(41)23-14-15-23)38-39-29(27)32(42)35-3/h6-13,16-18,23H,1,14-15,19H2,2-5H3,(H,35,42)(H2,36,37,38,41)/b20-10+,22-13+. The lowest BCUT2D eigenvalue weighted by Gasteiger charge is -2.18. The van der Waals surface area contributed by atoms with E-state index >= 15 is 0 Å². The molecule has 4 rings (SSSR count). The van der Waals surface area contributed by atoms with E-state index < -0.39 is 5.91 Å². The second-order valence-electron chi connectivity index (χ2n) is 10.3. The van der Waals surface area contributed by atoms with Gasteiger partial charge in [-0.25, -0.2) is 4.39 Å². The maximum Gasteiger partial charge on any atom is 0.273 e. The number of aromatic nitrogens is 2. The molecule has 0 radical (unpaired) electrons. The van der Waals surface area contributed by atoms with E-state index in [1.54, 1.807) is 67.4 Å². The molecule has 1 aromatic heterocycles. The Morgan fingerprint density at radius 1 is 1.09 bits per heavy atom. The van der Waals surface area contributed by atoms with Crippen LogP contribution in [0.5, 0.6) is 5.75 Å². The zero-order chi connectivity index (χ0) is 31.8. The number of ether oxygens (including phenoxy) is 1. The molecule has 228 valence electrons. The molecule has 0 bridgehead atoms. The van der Waals surface area contributed by atoms with Gasteiger partial charge in [0.25, 0.3) is 5.91 Å². The quantitative estimate of drug-likeness (QED) is 0.192. The molecule has 3 N–H and O–H groups in total. The minimum absolute atomic E-state index is 0.0316. The zero-order valence-electron chi connectivity index (χ0n) is 25.1. The van der Waals surface area contributed by atoms with Crippen LogP contribution in [0.15, 0.2) is 78.9 Å². The highest BCUT2D eigenvalue weighted by Gasteiger charge is 2.30. The lowest BCUT2D eigenvalue weighted by atomic mass is 10.0. The van der Waals surface area contributed by atoms with E-state index in [2.05, 4.69) is 32.7 Å². The molecule has 0 saturated heterocycles. The maximum atomic E-state index is 13.2. The Morgan fingerprint density at radius 3 is 2.45 bits per heavy atom. The lowest BCUT2D eigenvalue weighted by Crippen LogP contribution is -2.26. The van der Waals surface area contributed by atoms with Gasteiger partial charge in [0, 0.05) is 43.8 Å². The van der Waals surface area contributed by atoms with Crippen LogP contribution in [0.3, 0.4) is 0 Å². The normalized spacial score (nSPS) is 13.1. The molecule has 10 nitrogen and oxygen atoms in total. The van der Waals surface area contributed by atoms with E-state index in [1.807, 2.05) is 6.07 Å². The first-order chi connectivity index (χ1) is 21.1. The Labute approximate surface area is 255 Å². The fourth-order valence-corrected chi connectivity index (χ4v) is 4.43. The van der Waals surface area contributed by atoms with E-state index in [9.17, 15) is 18.8 Å². The number of rotatable bonds is 12. The first-order valence-electron chi connectivity index (χ1n) is 14.0. The number of halogens is 1. The molecule has 2 aromatic carbocycles. The maximum absolute atomic E-state index is 13.2. The van der Waals surface area contributed by atoms with Gasteiger partial charge in [-0.3, -0.25) is 14.4 Å². The average Bonchev–Trinajstić information content (AvgIpc) is 3.88. The van der Waals surface area contributed by atoms with Crippen molar-refractivity contribution in [2.45, 2.75) is 26.3 Å². The van der Waals surface area contributed by atoms with Crippen LogP contribution in [-0.2, 0) is 16.1 Å². The van der Waals surface area contributed by atoms with E-state index in [1.165, 1.54) is 26.3 Å². The fraction of sp³-hybridized carbons (Fsp3) is 0.242. The van der Waals surface area contributed by atoms with Gasteiger partial charge in [-0.05, 0) is 49.1 Å². The SMILES string of the molecule is C=C/C(=C\C=C(/C)C(=O)N(C)Cc1ccc(F)cc1)c1cccc(Nc2cc(NC(=O)C3CC3)nnc2C(=O)NC)c1OC. The van der Waals surface area contributed by atoms with Gasteiger partial charge in [0.1, 0.15) is 11.6 Å². The molecule has 1 fully saturated rings. The number of benzene rings is 2. The Kier molecular flexibility index (Phi) is 10.2. The summed E-state index contributed by atoms with van der Waals surface area (Å²) in [7, 11) is 4.69. The average molecular weight is 599 g/mol. The van der Waals surface area contributed by atoms with Crippen LogP contribution in [0.1, 0.15) is 41.4 Å². The number of amides is 3. The molecule has 0 spiro atoms. The van der Waals surface area contributed by atoms with Crippen molar-refractivity contribution < 1.29 is 23.5 Å². The molecule has 1 heterocycles. The van der Waals surface area contributed by atoms with Gasteiger partial charge in [-0.1, -0.05) is 49.1 Å². The summed E-state index contributed by atoms with van der Waals surface area (Å²) in [4.78, 5) is 39.4. The van der Waals surface area contributed by atoms with Gasteiger partial charge >= 0.3 is 0 Å². The number of hydrogen-bond acceptors (Lipinski definition) is 7. The first kappa shape index (κ1) is 31.6. The van der Waals surface area contributed by atoms with Crippen LogP contribution in [0, 0.1) is 11.7 Å². The monoisotopic (exact) mass is 598 g/mol. The van der Waals surface area contributed by atoms with E-state index in [4.69, 9.17) is 4.74 Å². The van der Waals surface area contributed by atoms with Crippen molar-refractivity contribution in [2.75, 3.05) is 31.8 Å². The minimum Gasteiger partial charge on any atom is -0.494 e. The number of nitrogens with zero attached hydrogens (tertiary/aromatic N) is 3. The number of anilines is 3. The number of hydrogen-bond donors (Lipinski definition) is 3. The molecule has 0 aliphatic heterocycles. The Hall–Kier alpha value is -5.32. The molecule has 1 saturated carbocycles. The summed E-state index contributed by atoms with van der Waals surface area (Å²) in [5.74, 6) is -0.481. The summed E-state index contributed by atoms with van der Waals surface area (Å²) in [6, 6.07) is 13.0. The van der Waals surface area contributed by atoms with Crippen molar-refractivity contribution in [1.29, 1.82) is 0 Å². The number of likely N-dealkylation sites (N-methyl/N-ethyl adjacent to an activating group) is 1. The number of methoxy groups -OCH3 is 1. The third-order valence-electron chi connectivity index (χ3n) is 6.98. The van der Waals surface area contributed by atoms with Crippen LogP contribution in [0.2, 0.25) is 0 Å². The Morgan fingerprint density at radius 2 is 1.82 bits per heavy atom. The van der Waals surface area contributed by atoms with Crippen molar-refractivity contribution in [3.63, 3.8) is 0 Å². The highest BCUT2D eigenvalue weighted by molar-refractivity contribution is 6.00. The van der Waals surface area contributed by atoms with Crippen LogP contribution < -0.4 is 20.7 Å². The Balaban J connectivity index is 1.60. The van der Waals surface area contributed by atoms with Gasteiger partial charge in [0.2, 0.25) is 11.8 Å². The van der Waals surface area contributed by atoms with Crippen LogP contribution in [0.25, 0.3) is 5.57 Å². The second-order valence-corrected chi connectivity index (χ2v) is 10.3. The van der Waals surface area contributed by atoms with Crippen LogP contribution >= 0.6 is 0 Å². The summed E-state index contributed by atoms with van der Waals surface area (Å²) in [6.07, 6.45) is 6.78. The fourth-order valence-electron chi connectivity index (χ4n) is 4.43. The largest absolute Gasteiger partial charge is 0.494 e. The third-order valence-corrected chi connectivity index (χ3v) is 6.98. The molecule has 3 aromatic rings. The first-order valence-corrected chi connectivity index (χ1v) is 14.0. The molecular weight excluding hydrogens is 563 g/mol. The van der Waals surface area contributed by atoms with E-state index in [0.29, 0.717) is 40.4 Å². The summed E-state index contributed by atoms with van der Waals surface area (Å²) in [6.45, 7) is 5.99. The number of nitrogens with one attached hydrogen (secondary N) is 3. The van der Waals surface area contributed by atoms with Crippen molar-refractivity contribution >= 4 is 40.5 Å². The molecule has 44 heavy (non-hydrogen) atoms. The van der Waals surface area contributed by atoms with Crippen molar-refractivity contribution in [3.8, 4) is 5.75 Å². The number of carbonyl (C=O) groups is 3. The van der Waals surface area contributed by atoms with Crippen LogP contribution in [-0.4, -0.2) is 54.0 Å². The highest BCUT2D eigenvalue weighted by atomic mass is 19.1. The molecular formula is C33H35FN6O4. The molecule has 1 aliphatic rings. The van der Waals surface area contributed by atoms with Gasteiger partial charge in [-0.15, -0.1) is 10.2 Å². The van der Waals surface area contributed by atoms with Crippen LogP contribution in [0.4, 0.5) is 21.6 Å². The Bertz CT molecular complexity index is 1630. The molecule has 0 atom stereocenters. The number of carbonyl (C=O) groups excluding carboxylic acids is 3. The topological polar surface area (TPSA) is 126 Å². The predicted octanol–water partition coefficient (Wildman–Crippen LogP) is 5.25. The van der Waals surface area contributed by atoms with E-state index in [0.717, 1.165) is 18.4 Å². The van der Waals surface area contributed by atoms with E-state index in [-0.39, 0.29) is 35.1 Å². The predicted molar refractivity (Wildman–Crippen MR) is 168 cm³/mol. The molecule has 0 unspecified atom stereocenters. The molecule has 11 heteroatoms. The number of allylic oxidation sites excluding steroid dienone is 4. The summed E-state index contributed by atoms with van der Waals surface area (Å²) in [5.41, 5.74) is 3.52. The summed E-state index contributed by atoms with van der Waals surface area (Å²) < 4.78 is 19.0. The summed E-state index contributed by atoms with van der Waals surface area (Å²) in [5, 5.41) is 16.6. The van der Waals surface area contributed by atoms with Crippen molar-refractivity contribution in [1.82, 2.24) is 20.4 Å². The summed E-state index contributed by atoms with van der Waals surface area (Å²) >= 11 is 0.